The fraction of sp³-hybridized carbons (Fsp3) is 0.565. The Balaban J connectivity index is 2.87. The van der Waals surface area contributed by atoms with E-state index in [0.29, 0.717) is 18.6 Å². The van der Waals surface area contributed by atoms with Crippen molar-refractivity contribution in [1.29, 1.82) is 0 Å². The molecule has 5 nitrogen and oxygen atoms in total. The molecule has 162 valence electrons. The fourth-order valence-corrected chi connectivity index (χ4v) is 3.33. The fourth-order valence-electron chi connectivity index (χ4n) is 2.77. The molecule has 1 aromatic rings. The molecule has 0 spiro atoms. The van der Waals surface area contributed by atoms with E-state index in [1.807, 2.05) is 64.3 Å². The second kappa shape index (κ2) is 11.9. The third-order valence-corrected chi connectivity index (χ3v) is 4.70. The molecular formula is C23H35NO4S. The molecule has 0 aromatic heterocycles. The van der Waals surface area contributed by atoms with Crippen LogP contribution < -0.4 is 5.32 Å². The summed E-state index contributed by atoms with van der Waals surface area (Å²) < 4.78 is 10.5. The summed E-state index contributed by atoms with van der Waals surface area (Å²) in [6, 6.07) is 5.81. The minimum Gasteiger partial charge on any atom is -0.462 e. The molecule has 1 N–H and O–H groups in total. The van der Waals surface area contributed by atoms with E-state index in [9.17, 15) is 9.59 Å². The summed E-state index contributed by atoms with van der Waals surface area (Å²) >= 11 is 1.65. The van der Waals surface area contributed by atoms with Gasteiger partial charge in [-0.25, -0.2) is 9.59 Å². The number of thioether (sulfide) groups is 1. The first-order valence-electron chi connectivity index (χ1n) is 10.0. The highest BCUT2D eigenvalue weighted by molar-refractivity contribution is 7.98. The molecule has 6 heteroatoms. The van der Waals surface area contributed by atoms with E-state index in [1.54, 1.807) is 11.8 Å². The van der Waals surface area contributed by atoms with Gasteiger partial charge in [-0.05, 0) is 63.5 Å². The Labute approximate surface area is 179 Å². The minimum absolute atomic E-state index is 0.126. The number of alkyl carbamates (subject to hydrolysis) is 1. The normalized spacial score (nSPS) is 12.8. The number of hydrogen-bond acceptors (Lipinski definition) is 5. The zero-order chi connectivity index (χ0) is 22.0. The van der Waals surface area contributed by atoms with Crippen molar-refractivity contribution < 1.29 is 19.1 Å². The lowest BCUT2D eigenvalue weighted by Crippen LogP contribution is -2.39. The van der Waals surface area contributed by atoms with Crippen molar-refractivity contribution in [3.63, 3.8) is 0 Å². The van der Waals surface area contributed by atoms with Crippen LogP contribution >= 0.6 is 11.8 Å². The molecule has 0 fully saturated rings. The molecular weight excluding hydrogens is 386 g/mol. The van der Waals surface area contributed by atoms with Gasteiger partial charge in [0.05, 0.1) is 18.2 Å². The number of nitrogens with one attached hydrogen (secondary N) is 1. The molecule has 29 heavy (non-hydrogen) atoms. The van der Waals surface area contributed by atoms with E-state index in [2.05, 4.69) is 19.2 Å². The van der Waals surface area contributed by atoms with E-state index in [0.717, 1.165) is 16.9 Å². The summed E-state index contributed by atoms with van der Waals surface area (Å²) in [5.74, 6) is 0.702. The lowest BCUT2D eigenvalue weighted by atomic mass is 9.94. The molecule has 0 saturated carbocycles. The predicted octanol–water partition coefficient (Wildman–Crippen LogP) is 5.34. The maximum Gasteiger partial charge on any atom is 0.408 e. The third kappa shape index (κ3) is 9.39. The number of benzene rings is 1. The quantitative estimate of drug-likeness (QED) is 0.430. The van der Waals surface area contributed by atoms with Crippen LogP contribution in [-0.2, 0) is 15.9 Å². The standard InChI is InChI=1S/C23H35NO4S/c1-8-27-21(25)20-14-17(12-13-19(20)16(2)3)10-9-11-18(15-29-7)24-22(26)28-23(4,5)6/h9,11-14,16,18H,8,10,15H2,1-7H3,(H,24,26)/b11-9+/t18-/m1/s1. The Morgan fingerprint density at radius 1 is 1.24 bits per heavy atom. The molecule has 0 bridgehead atoms. The Kier molecular flexibility index (Phi) is 10.3. The van der Waals surface area contributed by atoms with Gasteiger partial charge in [-0.3, -0.25) is 0 Å². The Morgan fingerprint density at radius 2 is 1.93 bits per heavy atom. The monoisotopic (exact) mass is 421 g/mol. The molecule has 0 aliphatic rings. The maximum absolute atomic E-state index is 12.3. The van der Waals surface area contributed by atoms with Crippen LogP contribution in [0.4, 0.5) is 4.79 Å². The highest BCUT2D eigenvalue weighted by Gasteiger charge is 2.18. The van der Waals surface area contributed by atoms with Crippen LogP contribution in [0, 0.1) is 0 Å². The highest BCUT2D eigenvalue weighted by atomic mass is 32.2. The van der Waals surface area contributed by atoms with Crippen molar-refractivity contribution in [3.05, 3.63) is 47.0 Å². The second-order valence-corrected chi connectivity index (χ2v) is 9.05. The average Bonchev–Trinajstić information content (AvgIpc) is 2.60. The van der Waals surface area contributed by atoms with E-state index in [4.69, 9.17) is 9.47 Å². The summed E-state index contributed by atoms with van der Waals surface area (Å²) in [6.45, 7) is 11.8. The predicted molar refractivity (Wildman–Crippen MR) is 121 cm³/mol. The van der Waals surface area contributed by atoms with Crippen molar-refractivity contribution >= 4 is 23.8 Å². The first-order valence-corrected chi connectivity index (χ1v) is 11.4. The first-order chi connectivity index (χ1) is 13.6. The molecule has 1 amide bonds. The highest BCUT2D eigenvalue weighted by Crippen LogP contribution is 2.22. The lowest BCUT2D eigenvalue weighted by molar-refractivity contribution is 0.0510. The maximum atomic E-state index is 12.3. The molecule has 1 aromatic carbocycles. The summed E-state index contributed by atoms with van der Waals surface area (Å²) in [5, 5.41) is 2.89. The number of ether oxygens (including phenoxy) is 2. The van der Waals surface area contributed by atoms with Gasteiger partial charge in [-0.2, -0.15) is 11.8 Å². The first kappa shape index (κ1) is 25.1. The minimum atomic E-state index is -0.528. The number of carbonyl (C=O) groups excluding carboxylic acids is 2. The van der Waals surface area contributed by atoms with Crippen molar-refractivity contribution in [2.45, 2.75) is 65.5 Å². The Bertz CT molecular complexity index is 707. The van der Waals surface area contributed by atoms with Crippen LogP contribution in [-0.4, -0.2) is 42.3 Å². The van der Waals surface area contributed by atoms with Crippen LogP contribution in [0.3, 0.4) is 0 Å². The topological polar surface area (TPSA) is 64.6 Å². The van der Waals surface area contributed by atoms with Gasteiger partial charge in [0.1, 0.15) is 5.60 Å². The van der Waals surface area contributed by atoms with Crippen LogP contribution in [0.2, 0.25) is 0 Å². The van der Waals surface area contributed by atoms with Crippen molar-refractivity contribution in [1.82, 2.24) is 5.32 Å². The van der Waals surface area contributed by atoms with E-state index >= 15 is 0 Å². The van der Waals surface area contributed by atoms with Gasteiger partial charge in [0.25, 0.3) is 0 Å². The molecule has 1 atom stereocenters. The van der Waals surface area contributed by atoms with Crippen molar-refractivity contribution in [3.8, 4) is 0 Å². The summed E-state index contributed by atoms with van der Waals surface area (Å²) in [6.07, 6.45) is 6.21. The number of rotatable bonds is 9. The number of esters is 1. The van der Waals surface area contributed by atoms with Crippen LogP contribution in [0.1, 0.15) is 68.9 Å². The van der Waals surface area contributed by atoms with E-state index in [-0.39, 0.29) is 17.9 Å². The number of carbonyl (C=O) groups is 2. The van der Waals surface area contributed by atoms with Gasteiger partial charge in [0.15, 0.2) is 0 Å². The smallest absolute Gasteiger partial charge is 0.408 e. The summed E-state index contributed by atoms with van der Waals surface area (Å²) in [4.78, 5) is 24.4. The van der Waals surface area contributed by atoms with E-state index in [1.165, 1.54) is 0 Å². The molecule has 0 heterocycles. The third-order valence-electron chi connectivity index (χ3n) is 4.01. The molecule has 1 rings (SSSR count). The Morgan fingerprint density at radius 3 is 2.48 bits per heavy atom. The van der Waals surface area contributed by atoms with Crippen LogP contribution in [0.15, 0.2) is 30.4 Å². The van der Waals surface area contributed by atoms with Gasteiger partial charge >= 0.3 is 12.1 Å². The van der Waals surface area contributed by atoms with Gasteiger partial charge in [-0.15, -0.1) is 0 Å². The number of hydrogen-bond donors (Lipinski definition) is 1. The molecule has 0 radical (unpaired) electrons. The molecule has 0 unspecified atom stereocenters. The zero-order valence-corrected chi connectivity index (χ0v) is 19.5. The second-order valence-electron chi connectivity index (χ2n) is 8.14. The summed E-state index contributed by atoms with van der Waals surface area (Å²) in [7, 11) is 0. The number of allylic oxidation sites excluding steroid dienone is 1. The average molecular weight is 422 g/mol. The van der Waals surface area contributed by atoms with Gasteiger partial charge in [-0.1, -0.05) is 38.1 Å². The molecule has 0 aliphatic heterocycles. The largest absolute Gasteiger partial charge is 0.462 e. The SMILES string of the molecule is CCOC(=O)c1cc(C/C=C/[C@H](CSC)NC(=O)OC(C)(C)C)ccc1C(C)C. The van der Waals surface area contributed by atoms with Crippen LogP contribution in [0.5, 0.6) is 0 Å². The summed E-state index contributed by atoms with van der Waals surface area (Å²) in [5.41, 5.74) is 2.11. The zero-order valence-electron chi connectivity index (χ0n) is 18.7. The van der Waals surface area contributed by atoms with Crippen molar-refractivity contribution in [2.75, 3.05) is 18.6 Å². The van der Waals surface area contributed by atoms with Gasteiger partial charge in [0, 0.05) is 5.75 Å². The van der Waals surface area contributed by atoms with E-state index < -0.39 is 11.7 Å². The van der Waals surface area contributed by atoms with Gasteiger partial charge < -0.3 is 14.8 Å². The molecule has 0 saturated heterocycles. The Hall–Kier alpha value is -1.95. The van der Waals surface area contributed by atoms with Crippen LogP contribution in [0.25, 0.3) is 0 Å². The lowest BCUT2D eigenvalue weighted by Gasteiger charge is -2.22. The van der Waals surface area contributed by atoms with Crippen molar-refractivity contribution in [2.24, 2.45) is 0 Å². The molecule has 0 aliphatic carbocycles. The number of amides is 1. The van der Waals surface area contributed by atoms with Gasteiger partial charge in [0.2, 0.25) is 0 Å².